The molecule has 0 atom stereocenters. The van der Waals surface area contributed by atoms with Crippen LogP contribution < -0.4 is 5.32 Å². The van der Waals surface area contributed by atoms with Gasteiger partial charge in [-0.2, -0.15) is 0 Å². The molecule has 2 amide bonds. The van der Waals surface area contributed by atoms with E-state index in [-0.39, 0.29) is 6.03 Å². The summed E-state index contributed by atoms with van der Waals surface area (Å²) >= 11 is 0. The molecule has 0 unspecified atom stereocenters. The van der Waals surface area contributed by atoms with Crippen molar-refractivity contribution < 1.29 is 4.79 Å². The van der Waals surface area contributed by atoms with Crippen LogP contribution >= 0.6 is 0 Å². The Balaban J connectivity index is 1.81. The number of imidazole rings is 1. The van der Waals surface area contributed by atoms with Crippen LogP contribution in [0.5, 0.6) is 0 Å². The van der Waals surface area contributed by atoms with Gasteiger partial charge in [0.2, 0.25) is 0 Å². The molecule has 0 aliphatic heterocycles. The molecule has 5 nitrogen and oxygen atoms in total. The summed E-state index contributed by atoms with van der Waals surface area (Å²) in [6.45, 7) is 4.80. The molecule has 0 spiro atoms. The van der Waals surface area contributed by atoms with Crippen LogP contribution in [0, 0.1) is 13.8 Å². The number of benzene rings is 1. The highest BCUT2D eigenvalue weighted by Crippen LogP contribution is 2.14. The molecule has 2 rings (SSSR count). The van der Waals surface area contributed by atoms with Crippen LogP contribution in [0.15, 0.2) is 30.6 Å². The van der Waals surface area contributed by atoms with Crippen molar-refractivity contribution >= 4 is 11.7 Å². The summed E-state index contributed by atoms with van der Waals surface area (Å²) in [5.74, 6) is 1.04. The molecular formula is C17H24N4O. The number of hydrogen-bond acceptors (Lipinski definition) is 2. The van der Waals surface area contributed by atoms with E-state index < -0.39 is 0 Å². The Morgan fingerprint density at radius 2 is 2.09 bits per heavy atom. The lowest BCUT2D eigenvalue weighted by molar-refractivity contribution is 0.222. The highest BCUT2D eigenvalue weighted by Gasteiger charge is 2.09. The Morgan fingerprint density at radius 1 is 1.32 bits per heavy atom. The molecule has 1 heterocycles. The molecule has 0 radical (unpaired) electrons. The van der Waals surface area contributed by atoms with Crippen LogP contribution in [0.25, 0.3) is 0 Å². The maximum atomic E-state index is 12.2. The van der Waals surface area contributed by atoms with Gasteiger partial charge in [0, 0.05) is 45.1 Å². The average molecular weight is 300 g/mol. The van der Waals surface area contributed by atoms with Crippen LogP contribution in [0.2, 0.25) is 0 Å². The van der Waals surface area contributed by atoms with Gasteiger partial charge in [0.15, 0.2) is 0 Å². The van der Waals surface area contributed by atoms with Crippen molar-refractivity contribution in [2.75, 3.05) is 18.9 Å². The van der Waals surface area contributed by atoms with Crippen LogP contribution in [0.4, 0.5) is 10.5 Å². The second kappa shape index (κ2) is 7.11. The van der Waals surface area contributed by atoms with Gasteiger partial charge in [0.1, 0.15) is 5.82 Å². The molecule has 2 aromatic rings. The predicted molar refractivity (Wildman–Crippen MR) is 89.1 cm³/mol. The fraction of sp³-hybridized carbons (Fsp3) is 0.412. The SMILES string of the molecule is Cc1ccc(NC(=O)N(C)CCCc2nccn2C)cc1C. The van der Waals surface area contributed by atoms with E-state index >= 15 is 0 Å². The summed E-state index contributed by atoms with van der Waals surface area (Å²) in [6, 6.07) is 5.87. The monoisotopic (exact) mass is 300 g/mol. The van der Waals surface area contributed by atoms with Crippen LogP contribution in [0.3, 0.4) is 0 Å². The van der Waals surface area contributed by atoms with Gasteiger partial charge in [-0.15, -0.1) is 0 Å². The number of urea groups is 1. The highest BCUT2D eigenvalue weighted by atomic mass is 16.2. The Morgan fingerprint density at radius 3 is 2.73 bits per heavy atom. The molecule has 0 aliphatic carbocycles. The van der Waals surface area contributed by atoms with Gasteiger partial charge in [0.25, 0.3) is 0 Å². The minimum absolute atomic E-state index is 0.0805. The van der Waals surface area contributed by atoms with E-state index in [4.69, 9.17) is 0 Å². The smallest absolute Gasteiger partial charge is 0.321 e. The third-order valence-electron chi connectivity index (χ3n) is 3.92. The molecule has 0 aliphatic rings. The summed E-state index contributed by atoms with van der Waals surface area (Å²) in [5.41, 5.74) is 3.24. The van der Waals surface area contributed by atoms with E-state index in [9.17, 15) is 4.79 Å². The molecule has 0 bridgehead atoms. The lowest BCUT2D eigenvalue weighted by Gasteiger charge is -2.18. The van der Waals surface area contributed by atoms with Crippen molar-refractivity contribution in [3.63, 3.8) is 0 Å². The first-order valence-corrected chi connectivity index (χ1v) is 7.53. The molecule has 1 aromatic heterocycles. The first-order valence-electron chi connectivity index (χ1n) is 7.53. The molecule has 1 aromatic carbocycles. The second-order valence-electron chi connectivity index (χ2n) is 5.71. The molecule has 0 fully saturated rings. The Kier molecular flexibility index (Phi) is 5.20. The number of amides is 2. The lowest BCUT2D eigenvalue weighted by atomic mass is 10.1. The Hall–Kier alpha value is -2.30. The normalized spacial score (nSPS) is 10.5. The zero-order valence-electron chi connectivity index (χ0n) is 13.8. The number of nitrogens with zero attached hydrogens (tertiary/aromatic N) is 3. The van der Waals surface area contributed by atoms with Gasteiger partial charge in [-0.25, -0.2) is 9.78 Å². The van der Waals surface area contributed by atoms with Gasteiger partial charge in [0.05, 0.1) is 0 Å². The van der Waals surface area contributed by atoms with Crippen molar-refractivity contribution in [2.45, 2.75) is 26.7 Å². The number of carbonyl (C=O) groups excluding carboxylic acids is 1. The van der Waals surface area contributed by atoms with Gasteiger partial charge < -0.3 is 14.8 Å². The molecular weight excluding hydrogens is 276 g/mol. The zero-order chi connectivity index (χ0) is 16.1. The number of anilines is 1. The molecule has 1 N–H and O–H groups in total. The zero-order valence-corrected chi connectivity index (χ0v) is 13.8. The van der Waals surface area contributed by atoms with Gasteiger partial charge in [-0.05, 0) is 43.5 Å². The third kappa shape index (κ3) is 4.10. The molecule has 118 valence electrons. The summed E-state index contributed by atoms with van der Waals surface area (Å²) in [6.07, 6.45) is 5.49. The minimum atomic E-state index is -0.0805. The number of aromatic nitrogens is 2. The van der Waals surface area contributed by atoms with Crippen molar-refractivity contribution in [1.29, 1.82) is 0 Å². The topological polar surface area (TPSA) is 50.2 Å². The first-order chi connectivity index (χ1) is 10.5. The number of rotatable bonds is 5. The van der Waals surface area contributed by atoms with Crippen molar-refractivity contribution in [3.8, 4) is 0 Å². The van der Waals surface area contributed by atoms with Crippen molar-refractivity contribution in [3.05, 3.63) is 47.5 Å². The summed E-state index contributed by atoms with van der Waals surface area (Å²) in [4.78, 5) is 18.2. The van der Waals surface area contributed by atoms with E-state index in [1.165, 1.54) is 11.1 Å². The molecule has 0 saturated carbocycles. The van der Waals surface area contributed by atoms with Crippen LogP contribution in [-0.4, -0.2) is 34.1 Å². The van der Waals surface area contributed by atoms with Crippen LogP contribution in [-0.2, 0) is 13.5 Å². The van der Waals surface area contributed by atoms with E-state index in [1.807, 2.05) is 50.0 Å². The number of nitrogens with one attached hydrogen (secondary N) is 1. The Bertz CT molecular complexity index is 648. The van der Waals surface area contributed by atoms with Crippen LogP contribution in [0.1, 0.15) is 23.4 Å². The number of carbonyl (C=O) groups is 1. The Labute approximate surface area is 132 Å². The largest absolute Gasteiger partial charge is 0.338 e. The third-order valence-corrected chi connectivity index (χ3v) is 3.92. The van der Waals surface area contributed by atoms with E-state index in [1.54, 1.807) is 11.1 Å². The fourth-order valence-corrected chi connectivity index (χ4v) is 2.25. The summed E-state index contributed by atoms with van der Waals surface area (Å²) < 4.78 is 2.01. The van der Waals surface area contributed by atoms with E-state index in [2.05, 4.69) is 17.2 Å². The summed E-state index contributed by atoms with van der Waals surface area (Å²) in [7, 11) is 3.80. The standard InChI is InChI=1S/C17H24N4O/c1-13-7-8-15(12-14(13)2)19-17(22)21(4)10-5-6-16-18-9-11-20(16)3/h7-9,11-12H,5-6,10H2,1-4H3,(H,19,22). The number of hydrogen-bond donors (Lipinski definition) is 1. The van der Waals surface area contributed by atoms with Gasteiger partial charge in [-0.3, -0.25) is 0 Å². The van der Waals surface area contributed by atoms with Gasteiger partial charge >= 0.3 is 6.03 Å². The second-order valence-corrected chi connectivity index (χ2v) is 5.71. The van der Waals surface area contributed by atoms with Crippen molar-refractivity contribution in [1.82, 2.24) is 14.5 Å². The van der Waals surface area contributed by atoms with Crippen molar-refractivity contribution in [2.24, 2.45) is 7.05 Å². The maximum absolute atomic E-state index is 12.2. The summed E-state index contributed by atoms with van der Waals surface area (Å²) in [5, 5.41) is 2.93. The lowest BCUT2D eigenvalue weighted by Crippen LogP contribution is -2.32. The quantitative estimate of drug-likeness (QED) is 0.922. The number of aryl methyl sites for hydroxylation is 4. The maximum Gasteiger partial charge on any atom is 0.321 e. The van der Waals surface area contributed by atoms with Gasteiger partial charge in [-0.1, -0.05) is 6.07 Å². The van der Waals surface area contributed by atoms with E-state index in [0.29, 0.717) is 6.54 Å². The highest BCUT2D eigenvalue weighted by molar-refractivity contribution is 5.89. The first kappa shape index (κ1) is 16.1. The predicted octanol–water partition coefficient (Wildman–Crippen LogP) is 3.13. The molecule has 5 heteroatoms. The fourth-order valence-electron chi connectivity index (χ4n) is 2.25. The molecule has 22 heavy (non-hydrogen) atoms. The van der Waals surface area contributed by atoms with E-state index in [0.717, 1.165) is 24.4 Å². The molecule has 0 saturated heterocycles. The average Bonchev–Trinajstić information content (AvgIpc) is 2.88. The minimum Gasteiger partial charge on any atom is -0.338 e.